The van der Waals surface area contributed by atoms with Crippen molar-refractivity contribution >= 4 is 17.5 Å². The predicted molar refractivity (Wildman–Crippen MR) is 62.8 cm³/mol. The number of anilines is 1. The van der Waals surface area contributed by atoms with E-state index in [2.05, 4.69) is 5.32 Å². The molecule has 1 aromatic rings. The molecule has 6 N–H and O–H groups in total. The van der Waals surface area contributed by atoms with Crippen LogP contribution in [0.5, 0.6) is 0 Å². The van der Waals surface area contributed by atoms with Gasteiger partial charge in [0.25, 0.3) is 0 Å². The van der Waals surface area contributed by atoms with Crippen LogP contribution in [0.2, 0.25) is 0 Å². The number of carbonyl (C=O) groups is 2. The molecule has 0 spiro atoms. The van der Waals surface area contributed by atoms with E-state index in [0.717, 1.165) is 0 Å². The molecule has 6 nitrogen and oxygen atoms in total. The Balaban J connectivity index is 2.64. The molecule has 2 amide bonds. The zero-order chi connectivity index (χ0) is 12.8. The van der Waals surface area contributed by atoms with Crippen LogP contribution in [0.15, 0.2) is 24.3 Å². The van der Waals surface area contributed by atoms with Crippen LogP contribution in [0.4, 0.5) is 5.69 Å². The van der Waals surface area contributed by atoms with Crippen LogP contribution in [-0.4, -0.2) is 23.0 Å². The molecular weight excluding hydrogens is 222 g/mol. The highest BCUT2D eigenvalue weighted by Gasteiger charge is 2.15. The Labute approximate surface area is 98.6 Å². The van der Waals surface area contributed by atoms with Gasteiger partial charge in [-0.2, -0.15) is 0 Å². The van der Waals surface area contributed by atoms with Crippen molar-refractivity contribution in [3.05, 3.63) is 29.8 Å². The minimum atomic E-state index is -0.967. The van der Waals surface area contributed by atoms with E-state index in [4.69, 9.17) is 16.6 Å². The third-order valence-electron chi connectivity index (χ3n) is 2.13. The van der Waals surface area contributed by atoms with Crippen LogP contribution in [0.3, 0.4) is 0 Å². The zero-order valence-corrected chi connectivity index (χ0v) is 9.22. The third-order valence-corrected chi connectivity index (χ3v) is 2.13. The lowest BCUT2D eigenvalue weighted by Crippen LogP contribution is -2.39. The van der Waals surface area contributed by atoms with Crippen LogP contribution in [0.1, 0.15) is 12.0 Å². The van der Waals surface area contributed by atoms with Crippen molar-refractivity contribution in [1.29, 1.82) is 0 Å². The van der Waals surface area contributed by atoms with E-state index in [0.29, 0.717) is 11.3 Å². The summed E-state index contributed by atoms with van der Waals surface area (Å²) in [4.78, 5) is 22.1. The number of hydrogen-bond acceptors (Lipinski definition) is 4. The van der Waals surface area contributed by atoms with E-state index in [1.54, 1.807) is 24.3 Å². The number of nitrogens with one attached hydrogen (secondary N) is 1. The first-order valence-corrected chi connectivity index (χ1v) is 5.07. The maximum Gasteiger partial charge on any atom is 0.241 e. The third kappa shape index (κ3) is 4.21. The first kappa shape index (κ1) is 13.1. The second-order valence-corrected chi connectivity index (χ2v) is 3.62. The first-order chi connectivity index (χ1) is 8.02. The molecule has 92 valence electrons. The standard InChI is InChI=1S/C11H15N3O3/c12-9(5-10(13)16)11(17)14-8-3-1-2-7(4-8)6-15/h1-4,9,15H,5-6,12H2,(H2,13,16)(H,14,17). The predicted octanol–water partition coefficient (Wildman–Crippen LogP) is -0.680. The van der Waals surface area contributed by atoms with Gasteiger partial charge in [0.15, 0.2) is 0 Å². The molecule has 0 aromatic heterocycles. The molecule has 1 rings (SSSR count). The van der Waals surface area contributed by atoms with Crippen molar-refractivity contribution in [2.45, 2.75) is 19.1 Å². The van der Waals surface area contributed by atoms with E-state index < -0.39 is 17.9 Å². The molecule has 0 aliphatic heterocycles. The molecule has 0 saturated heterocycles. The number of rotatable bonds is 5. The highest BCUT2D eigenvalue weighted by atomic mass is 16.3. The number of primary amides is 1. The second-order valence-electron chi connectivity index (χ2n) is 3.62. The summed E-state index contributed by atoms with van der Waals surface area (Å²) in [6, 6.07) is 5.73. The summed E-state index contributed by atoms with van der Waals surface area (Å²) in [6.07, 6.45) is -0.203. The van der Waals surface area contributed by atoms with Gasteiger partial charge in [0.05, 0.1) is 19.1 Å². The summed E-state index contributed by atoms with van der Waals surface area (Å²) in [6.45, 7) is -0.114. The van der Waals surface area contributed by atoms with Gasteiger partial charge in [-0.05, 0) is 17.7 Å². The topological polar surface area (TPSA) is 118 Å². The van der Waals surface area contributed by atoms with Gasteiger partial charge in [0.2, 0.25) is 11.8 Å². The summed E-state index contributed by atoms with van der Waals surface area (Å²) in [5.41, 5.74) is 11.6. The van der Waals surface area contributed by atoms with E-state index in [-0.39, 0.29) is 13.0 Å². The Kier molecular flexibility index (Phi) is 4.62. The van der Waals surface area contributed by atoms with Crippen molar-refractivity contribution in [1.82, 2.24) is 0 Å². The molecule has 0 saturated carbocycles. The Bertz CT molecular complexity index is 420. The minimum absolute atomic E-state index is 0.114. The van der Waals surface area contributed by atoms with Gasteiger partial charge in [0, 0.05) is 5.69 Å². The SMILES string of the molecule is NC(=O)CC(N)C(=O)Nc1cccc(CO)c1. The Morgan fingerprint density at radius 1 is 1.41 bits per heavy atom. The van der Waals surface area contributed by atoms with Crippen LogP contribution >= 0.6 is 0 Å². The largest absolute Gasteiger partial charge is 0.392 e. The lowest BCUT2D eigenvalue weighted by atomic mass is 10.1. The number of hydrogen-bond donors (Lipinski definition) is 4. The fourth-order valence-electron chi connectivity index (χ4n) is 1.29. The molecule has 1 atom stereocenters. The maximum atomic E-state index is 11.5. The number of aliphatic hydroxyl groups excluding tert-OH is 1. The van der Waals surface area contributed by atoms with Crippen LogP contribution in [-0.2, 0) is 16.2 Å². The monoisotopic (exact) mass is 237 g/mol. The van der Waals surface area contributed by atoms with Gasteiger partial charge in [0.1, 0.15) is 0 Å². The highest BCUT2D eigenvalue weighted by molar-refractivity contribution is 5.97. The fourth-order valence-corrected chi connectivity index (χ4v) is 1.29. The van der Waals surface area contributed by atoms with E-state index in [1.165, 1.54) is 0 Å². The quantitative estimate of drug-likeness (QED) is 0.542. The molecule has 0 aliphatic carbocycles. The number of aliphatic hydroxyl groups is 1. The van der Waals surface area contributed by atoms with Gasteiger partial charge in [-0.15, -0.1) is 0 Å². The summed E-state index contributed by atoms with van der Waals surface area (Å²) in [5.74, 6) is -1.12. The lowest BCUT2D eigenvalue weighted by Gasteiger charge is -2.11. The minimum Gasteiger partial charge on any atom is -0.392 e. The number of nitrogens with two attached hydrogens (primary N) is 2. The van der Waals surface area contributed by atoms with Crippen LogP contribution in [0, 0.1) is 0 Å². The number of benzene rings is 1. The molecule has 1 unspecified atom stereocenters. The average Bonchev–Trinajstić information content (AvgIpc) is 2.28. The lowest BCUT2D eigenvalue weighted by molar-refractivity contribution is -0.123. The normalized spacial score (nSPS) is 11.9. The van der Waals surface area contributed by atoms with Crippen molar-refractivity contribution in [3.8, 4) is 0 Å². The number of amides is 2. The smallest absolute Gasteiger partial charge is 0.241 e. The maximum absolute atomic E-state index is 11.5. The number of carbonyl (C=O) groups excluding carboxylic acids is 2. The van der Waals surface area contributed by atoms with E-state index in [9.17, 15) is 9.59 Å². The van der Waals surface area contributed by atoms with Gasteiger partial charge >= 0.3 is 0 Å². The van der Waals surface area contributed by atoms with Gasteiger partial charge in [-0.3, -0.25) is 9.59 Å². The molecule has 1 aromatic carbocycles. The molecular formula is C11H15N3O3. The molecule has 0 bridgehead atoms. The molecule has 0 radical (unpaired) electrons. The Morgan fingerprint density at radius 3 is 2.71 bits per heavy atom. The van der Waals surface area contributed by atoms with Crippen molar-refractivity contribution in [3.63, 3.8) is 0 Å². The average molecular weight is 237 g/mol. The summed E-state index contributed by atoms with van der Waals surface area (Å²) < 4.78 is 0. The summed E-state index contributed by atoms with van der Waals surface area (Å²) >= 11 is 0. The zero-order valence-electron chi connectivity index (χ0n) is 9.22. The Morgan fingerprint density at radius 2 is 2.12 bits per heavy atom. The molecule has 17 heavy (non-hydrogen) atoms. The fraction of sp³-hybridized carbons (Fsp3) is 0.273. The highest BCUT2D eigenvalue weighted by Crippen LogP contribution is 2.10. The summed E-state index contributed by atoms with van der Waals surface area (Å²) in [7, 11) is 0. The van der Waals surface area contributed by atoms with Crippen LogP contribution < -0.4 is 16.8 Å². The van der Waals surface area contributed by atoms with Gasteiger partial charge in [-0.25, -0.2) is 0 Å². The molecule has 0 fully saturated rings. The van der Waals surface area contributed by atoms with Gasteiger partial charge in [-0.1, -0.05) is 12.1 Å². The van der Waals surface area contributed by atoms with Crippen LogP contribution in [0.25, 0.3) is 0 Å². The van der Waals surface area contributed by atoms with E-state index in [1.807, 2.05) is 0 Å². The Hall–Kier alpha value is -1.92. The molecule has 0 aliphatic rings. The van der Waals surface area contributed by atoms with Crippen molar-refractivity contribution < 1.29 is 14.7 Å². The first-order valence-electron chi connectivity index (χ1n) is 5.07. The summed E-state index contributed by atoms with van der Waals surface area (Å²) in [5, 5.41) is 11.5. The van der Waals surface area contributed by atoms with Crippen molar-refractivity contribution in [2.24, 2.45) is 11.5 Å². The second kappa shape index (κ2) is 5.97. The van der Waals surface area contributed by atoms with Gasteiger partial charge < -0.3 is 21.9 Å². The van der Waals surface area contributed by atoms with Crippen molar-refractivity contribution in [2.75, 3.05) is 5.32 Å². The molecule has 0 heterocycles. The molecule has 6 heteroatoms. The van der Waals surface area contributed by atoms with E-state index >= 15 is 0 Å².